The Hall–Kier alpha value is -2.35. The number of benzene rings is 2. The van der Waals surface area contributed by atoms with Crippen molar-refractivity contribution in [3.63, 3.8) is 0 Å². The minimum absolute atomic E-state index is 0. The average molecular weight is 522 g/mol. The van der Waals surface area contributed by atoms with Crippen molar-refractivity contribution in [3.05, 3.63) is 65.4 Å². The molecule has 0 bridgehead atoms. The van der Waals surface area contributed by atoms with Crippen molar-refractivity contribution in [1.29, 1.82) is 0 Å². The van der Waals surface area contributed by atoms with Crippen LogP contribution in [0.25, 0.3) is 10.8 Å². The molecule has 2 heterocycles. The smallest absolute Gasteiger partial charge is 0.223 e. The molecule has 4 rings (SSSR count). The Kier molecular flexibility index (Phi) is 7.80. The summed E-state index contributed by atoms with van der Waals surface area (Å²) >= 11 is 6.09. The first-order valence-electron chi connectivity index (χ1n) is 11.1. The van der Waals surface area contributed by atoms with Gasteiger partial charge in [-0.05, 0) is 54.1 Å². The molecule has 1 aliphatic heterocycles. The third-order valence-electron chi connectivity index (χ3n) is 6.66. The standard InChI is InChI=1S/C25H28ClN3O3S.ClH/c1-4-24(30)28(3)25(10-13-29(14-11-25)22-9-12-27-18(2)15-22)33(31,32)23-8-6-19-16-21(26)7-5-20(19)17-23;/h5-9,12,15-17H,4,10-11,13-14H2,1-3H3;1H. The van der Waals surface area contributed by atoms with Gasteiger partial charge in [0.25, 0.3) is 0 Å². The summed E-state index contributed by atoms with van der Waals surface area (Å²) in [6.07, 6.45) is 2.64. The fraction of sp³-hybridized carbons (Fsp3) is 0.360. The number of carbonyl (C=O) groups excluding carboxylic acids is 1. The maximum atomic E-state index is 14.1. The molecule has 0 unspecified atom stereocenters. The van der Waals surface area contributed by atoms with Crippen molar-refractivity contribution in [1.82, 2.24) is 9.88 Å². The zero-order chi connectivity index (χ0) is 23.8. The summed E-state index contributed by atoms with van der Waals surface area (Å²) in [5, 5.41) is 2.27. The highest BCUT2D eigenvalue weighted by Gasteiger charge is 2.51. The number of fused-ring (bicyclic) bond motifs is 1. The van der Waals surface area contributed by atoms with Gasteiger partial charge in [0.15, 0.2) is 4.87 Å². The van der Waals surface area contributed by atoms with Crippen molar-refractivity contribution < 1.29 is 13.2 Å². The van der Waals surface area contributed by atoms with Crippen LogP contribution in [0.4, 0.5) is 5.69 Å². The highest BCUT2D eigenvalue weighted by atomic mass is 35.5. The summed E-state index contributed by atoms with van der Waals surface area (Å²) in [7, 11) is -2.24. The first-order chi connectivity index (χ1) is 15.7. The van der Waals surface area contributed by atoms with Gasteiger partial charge in [0.05, 0.1) is 4.90 Å². The summed E-state index contributed by atoms with van der Waals surface area (Å²) in [6.45, 7) is 4.73. The number of aromatic nitrogens is 1. The van der Waals surface area contributed by atoms with Gasteiger partial charge >= 0.3 is 0 Å². The molecular formula is C25H29Cl2N3O3S. The van der Waals surface area contributed by atoms with E-state index in [0.717, 1.165) is 22.2 Å². The Morgan fingerprint density at radius 2 is 1.74 bits per heavy atom. The molecule has 9 heteroatoms. The van der Waals surface area contributed by atoms with Gasteiger partial charge in [0.2, 0.25) is 15.7 Å². The number of pyridine rings is 1. The minimum atomic E-state index is -3.86. The summed E-state index contributed by atoms with van der Waals surface area (Å²) in [5.74, 6) is -0.181. The van der Waals surface area contributed by atoms with E-state index in [1.165, 1.54) is 4.90 Å². The van der Waals surface area contributed by atoms with Crippen LogP contribution >= 0.6 is 24.0 Å². The first kappa shape index (κ1) is 26.3. The zero-order valence-corrected chi connectivity index (χ0v) is 21.9. The molecule has 1 amide bonds. The number of anilines is 1. The molecule has 1 saturated heterocycles. The highest BCUT2D eigenvalue weighted by molar-refractivity contribution is 7.92. The molecule has 0 saturated carbocycles. The topological polar surface area (TPSA) is 70.6 Å². The second kappa shape index (κ2) is 10.1. The van der Waals surface area contributed by atoms with Crippen LogP contribution in [0, 0.1) is 6.92 Å². The van der Waals surface area contributed by atoms with Crippen LogP contribution in [-0.4, -0.2) is 49.2 Å². The Labute approximate surface area is 212 Å². The van der Waals surface area contributed by atoms with Crippen LogP contribution in [0.3, 0.4) is 0 Å². The van der Waals surface area contributed by atoms with Gasteiger partial charge in [-0.1, -0.05) is 30.7 Å². The van der Waals surface area contributed by atoms with E-state index in [0.29, 0.717) is 31.0 Å². The van der Waals surface area contributed by atoms with Crippen molar-refractivity contribution in [2.24, 2.45) is 0 Å². The van der Waals surface area contributed by atoms with E-state index in [4.69, 9.17) is 11.6 Å². The Morgan fingerprint density at radius 1 is 1.09 bits per heavy atom. The van der Waals surface area contributed by atoms with E-state index in [1.54, 1.807) is 44.4 Å². The van der Waals surface area contributed by atoms with E-state index in [2.05, 4.69) is 9.88 Å². The lowest BCUT2D eigenvalue weighted by molar-refractivity contribution is -0.133. The zero-order valence-electron chi connectivity index (χ0n) is 19.5. The fourth-order valence-corrected chi connectivity index (χ4v) is 7.00. The second-order valence-corrected chi connectivity index (χ2v) is 11.2. The molecule has 0 N–H and O–H groups in total. The summed E-state index contributed by atoms with van der Waals surface area (Å²) < 4.78 is 28.3. The molecule has 182 valence electrons. The molecule has 34 heavy (non-hydrogen) atoms. The predicted molar refractivity (Wildman–Crippen MR) is 140 cm³/mol. The van der Waals surface area contributed by atoms with Crippen molar-refractivity contribution in [3.8, 4) is 0 Å². The van der Waals surface area contributed by atoms with Crippen molar-refractivity contribution in [2.75, 3.05) is 25.0 Å². The molecule has 2 aromatic carbocycles. The molecule has 3 aromatic rings. The number of hydrogen-bond donors (Lipinski definition) is 0. The number of rotatable bonds is 5. The third kappa shape index (κ3) is 4.61. The lowest BCUT2D eigenvalue weighted by Gasteiger charge is -2.47. The van der Waals surface area contributed by atoms with E-state index >= 15 is 0 Å². The Bertz CT molecular complexity index is 1310. The van der Waals surface area contributed by atoms with Crippen LogP contribution in [0.2, 0.25) is 5.02 Å². The lowest BCUT2D eigenvalue weighted by Crippen LogP contribution is -2.60. The number of amides is 1. The molecular weight excluding hydrogens is 493 g/mol. The Morgan fingerprint density at radius 3 is 2.38 bits per heavy atom. The summed E-state index contributed by atoms with van der Waals surface area (Å²) in [4.78, 5) is 19.6. The quantitative estimate of drug-likeness (QED) is 0.458. The summed E-state index contributed by atoms with van der Waals surface area (Å²) in [6, 6.07) is 14.4. The van der Waals surface area contributed by atoms with Gasteiger partial charge in [0, 0.05) is 62.0 Å². The van der Waals surface area contributed by atoms with Gasteiger partial charge in [-0.25, -0.2) is 8.42 Å². The monoisotopic (exact) mass is 521 g/mol. The van der Waals surface area contributed by atoms with Crippen LogP contribution < -0.4 is 4.90 Å². The van der Waals surface area contributed by atoms with Crippen LogP contribution in [-0.2, 0) is 14.6 Å². The number of halogens is 2. The Balaban J connectivity index is 0.00000324. The second-order valence-electron chi connectivity index (χ2n) is 8.55. The van der Waals surface area contributed by atoms with Crippen LogP contribution in [0.15, 0.2) is 59.6 Å². The van der Waals surface area contributed by atoms with Crippen molar-refractivity contribution in [2.45, 2.75) is 42.9 Å². The third-order valence-corrected chi connectivity index (χ3v) is 9.45. The first-order valence-corrected chi connectivity index (χ1v) is 12.9. The molecule has 1 aromatic heterocycles. The summed E-state index contributed by atoms with van der Waals surface area (Å²) in [5.41, 5.74) is 1.92. The molecule has 0 radical (unpaired) electrons. The lowest BCUT2D eigenvalue weighted by atomic mass is 10.0. The molecule has 6 nitrogen and oxygen atoms in total. The van der Waals surface area contributed by atoms with Gasteiger partial charge in [-0.15, -0.1) is 12.4 Å². The number of carbonyl (C=O) groups is 1. The molecule has 0 atom stereocenters. The number of hydrogen-bond acceptors (Lipinski definition) is 5. The van der Waals surface area contributed by atoms with Crippen LogP contribution in [0.5, 0.6) is 0 Å². The normalized spacial score (nSPS) is 15.6. The van der Waals surface area contributed by atoms with Gasteiger partial charge in [-0.2, -0.15) is 0 Å². The number of piperidine rings is 1. The van der Waals surface area contributed by atoms with Crippen LogP contribution in [0.1, 0.15) is 31.9 Å². The van der Waals surface area contributed by atoms with Gasteiger partial charge in [-0.3, -0.25) is 9.78 Å². The molecule has 1 fully saturated rings. The number of nitrogens with zero attached hydrogens (tertiary/aromatic N) is 3. The molecule has 0 spiro atoms. The number of sulfone groups is 1. The SMILES string of the molecule is CCC(=O)N(C)C1(S(=O)(=O)c2ccc3cc(Cl)ccc3c2)CCN(c2ccnc(C)c2)CC1.Cl. The van der Waals surface area contributed by atoms with E-state index in [-0.39, 0.29) is 29.6 Å². The van der Waals surface area contributed by atoms with Gasteiger partial charge in [0.1, 0.15) is 0 Å². The number of aryl methyl sites for hydroxylation is 1. The average Bonchev–Trinajstić information content (AvgIpc) is 2.82. The van der Waals surface area contributed by atoms with Crippen molar-refractivity contribution >= 4 is 56.2 Å². The van der Waals surface area contributed by atoms with E-state index < -0.39 is 14.7 Å². The molecule has 1 aliphatic rings. The fourth-order valence-electron chi connectivity index (χ4n) is 4.67. The van der Waals surface area contributed by atoms with E-state index in [1.807, 2.05) is 31.2 Å². The maximum Gasteiger partial charge on any atom is 0.223 e. The predicted octanol–water partition coefficient (Wildman–Crippen LogP) is 5.26. The highest BCUT2D eigenvalue weighted by Crippen LogP contribution is 2.40. The minimum Gasteiger partial charge on any atom is -0.371 e. The maximum absolute atomic E-state index is 14.1. The molecule has 0 aliphatic carbocycles. The largest absolute Gasteiger partial charge is 0.371 e. The van der Waals surface area contributed by atoms with Gasteiger partial charge < -0.3 is 9.80 Å². The van der Waals surface area contributed by atoms with E-state index in [9.17, 15) is 13.2 Å².